The number of benzene rings is 2. The number of carbonyl (C=O) groups is 2. The van der Waals surface area contributed by atoms with Crippen LogP contribution in [0.3, 0.4) is 0 Å². The lowest BCUT2D eigenvalue weighted by Gasteiger charge is -2.29. The predicted octanol–water partition coefficient (Wildman–Crippen LogP) is 3.91. The van der Waals surface area contributed by atoms with Crippen molar-refractivity contribution in [2.45, 2.75) is 59.0 Å². The maximum absolute atomic E-state index is 13.0. The van der Waals surface area contributed by atoms with Crippen LogP contribution < -0.4 is 5.32 Å². The summed E-state index contributed by atoms with van der Waals surface area (Å²) in [4.78, 5) is 27.2. The highest BCUT2D eigenvalue weighted by Crippen LogP contribution is 2.11. The van der Waals surface area contributed by atoms with E-state index in [0.717, 1.165) is 17.5 Å². The molecule has 0 radical (unpaired) electrons. The Kier molecular flexibility index (Phi) is 8.24. The molecule has 2 rings (SSSR count). The summed E-state index contributed by atoms with van der Waals surface area (Å²) in [5.74, 6) is -0.0883. The van der Waals surface area contributed by atoms with E-state index in [-0.39, 0.29) is 17.9 Å². The van der Waals surface area contributed by atoms with Crippen LogP contribution in [0.15, 0.2) is 54.6 Å². The third-order valence-electron chi connectivity index (χ3n) is 4.83. The van der Waals surface area contributed by atoms with Gasteiger partial charge in [0, 0.05) is 19.0 Å². The van der Waals surface area contributed by atoms with Gasteiger partial charge in [0.15, 0.2) is 0 Å². The fourth-order valence-electron chi connectivity index (χ4n) is 3.12. The van der Waals surface area contributed by atoms with E-state index >= 15 is 0 Å². The van der Waals surface area contributed by atoms with E-state index in [1.807, 2.05) is 51.1 Å². The molecule has 0 aliphatic rings. The molecule has 150 valence electrons. The summed E-state index contributed by atoms with van der Waals surface area (Å²) in [6, 6.07) is 17.9. The zero-order valence-corrected chi connectivity index (χ0v) is 17.4. The van der Waals surface area contributed by atoms with Crippen LogP contribution in [0.5, 0.6) is 0 Å². The van der Waals surface area contributed by atoms with Crippen molar-refractivity contribution >= 4 is 11.8 Å². The Morgan fingerprint density at radius 1 is 0.893 bits per heavy atom. The van der Waals surface area contributed by atoms with Gasteiger partial charge in [-0.15, -0.1) is 0 Å². The van der Waals surface area contributed by atoms with Gasteiger partial charge < -0.3 is 10.2 Å². The second-order valence-corrected chi connectivity index (χ2v) is 7.65. The highest BCUT2D eigenvalue weighted by Gasteiger charge is 2.25. The highest BCUT2D eigenvalue weighted by atomic mass is 16.2. The van der Waals surface area contributed by atoms with Crippen molar-refractivity contribution in [3.05, 3.63) is 71.3 Å². The summed E-state index contributed by atoms with van der Waals surface area (Å²) >= 11 is 0. The van der Waals surface area contributed by atoms with Crippen molar-refractivity contribution in [1.29, 1.82) is 0 Å². The lowest BCUT2D eigenvalue weighted by atomic mass is 10.1. The van der Waals surface area contributed by atoms with Gasteiger partial charge in [-0.1, -0.05) is 60.2 Å². The van der Waals surface area contributed by atoms with Gasteiger partial charge in [0.1, 0.15) is 6.04 Å². The van der Waals surface area contributed by atoms with Crippen molar-refractivity contribution in [2.24, 2.45) is 0 Å². The van der Waals surface area contributed by atoms with E-state index in [2.05, 4.69) is 36.5 Å². The molecule has 0 bridgehead atoms. The molecular formula is C24H32N2O2. The minimum absolute atomic E-state index is 0.0166. The zero-order valence-electron chi connectivity index (χ0n) is 17.4. The summed E-state index contributed by atoms with van der Waals surface area (Å²) in [7, 11) is 0. The first-order valence-electron chi connectivity index (χ1n) is 10.1. The number of nitrogens with zero attached hydrogens (tertiary/aromatic N) is 1. The van der Waals surface area contributed by atoms with Crippen LogP contribution in [0.2, 0.25) is 0 Å². The number of nitrogens with one attached hydrogen (secondary N) is 1. The molecule has 2 aromatic carbocycles. The first-order valence-corrected chi connectivity index (χ1v) is 10.1. The third-order valence-corrected chi connectivity index (χ3v) is 4.83. The molecule has 0 aliphatic heterocycles. The van der Waals surface area contributed by atoms with E-state index < -0.39 is 6.04 Å². The minimum atomic E-state index is -0.489. The number of amides is 2. The lowest BCUT2D eigenvalue weighted by Crippen LogP contribution is -2.50. The van der Waals surface area contributed by atoms with Crippen molar-refractivity contribution < 1.29 is 9.59 Å². The fourth-order valence-corrected chi connectivity index (χ4v) is 3.12. The highest BCUT2D eigenvalue weighted by molar-refractivity contribution is 5.87. The Hall–Kier alpha value is -2.62. The van der Waals surface area contributed by atoms with Crippen LogP contribution in [0.1, 0.15) is 43.9 Å². The molecule has 0 spiro atoms. The molecule has 2 aromatic rings. The second kappa shape index (κ2) is 10.6. The van der Waals surface area contributed by atoms with E-state index in [0.29, 0.717) is 19.4 Å². The molecule has 4 heteroatoms. The molecule has 0 aromatic heterocycles. The topological polar surface area (TPSA) is 49.4 Å². The van der Waals surface area contributed by atoms with E-state index in [1.54, 1.807) is 4.90 Å². The Balaban J connectivity index is 2.05. The molecule has 0 fully saturated rings. The monoisotopic (exact) mass is 380 g/mol. The first kappa shape index (κ1) is 21.7. The molecule has 4 nitrogen and oxygen atoms in total. The Labute approximate surface area is 169 Å². The van der Waals surface area contributed by atoms with Crippen molar-refractivity contribution in [3.8, 4) is 0 Å². The summed E-state index contributed by atoms with van der Waals surface area (Å²) in [6.07, 6.45) is 1.81. The van der Waals surface area contributed by atoms with Gasteiger partial charge in [-0.25, -0.2) is 0 Å². The van der Waals surface area contributed by atoms with E-state index in [4.69, 9.17) is 0 Å². The van der Waals surface area contributed by atoms with Crippen molar-refractivity contribution in [2.75, 3.05) is 6.54 Å². The van der Waals surface area contributed by atoms with Gasteiger partial charge in [0.25, 0.3) is 0 Å². The molecular weight excluding hydrogens is 348 g/mol. The third kappa shape index (κ3) is 6.84. The summed E-state index contributed by atoms with van der Waals surface area (Å²) in [5.41, 5.74) is 3.51. The molecule has 0 heterocycles. The summed E-state index contributed by atoms with van der Waals surface area (Å²) in [5, 5.41) is 2.92. The van der Waals surface area contributed by atoms with Crippen LogP contribution in [0.25, 0.3) is 0 Å². The molecule has 1 atom stereocenters. The maximum Gasteiger partial charge on any atom is 0.242 e. The molecule has 1 N–H and O–H groups in total. The molecule has 28 heavy (non-hydrogen) atoms. The number of carbonyl (C=O) groups excluding carboxylic acids is 2. The molecule has 0 saturated carbocycles. The van der Waals surface area contributed by atoms with Crippen molar-refractivity contribution in [1.82, 2.24) is 10.2 Å². The van der Waals surface area contributed by atoms with Crippen LogP contribution >= 0.6 is 0 Å². The standard InChI is InChI=1S/C24H32N2O2/c1-18(2)25-24(28)20(4)26(17-16-21-8-6-5-7-9-21)23(27)15-14-22-12-10-19(3)11-13-22/h5-13,18,20H,14-17H2,1-4H3,(H,25,28). The van der Waals surface area contributed by atoms with Crippen LogP contribution in [-0.4, -0.2) is 35.3 Å². The number of aryl methyl sites for hydroxylation is 2. The zero-order chi connectivity index (χ0) is 20.5. The van der Waals surface area contributed by atoms with Gasteiger partial charge >= 0.3 is 0 Å². The average molecular weight is 381 g/mol. The SMILES string of the molecule is Cc1ccc(CCC(=O)N(CCc2ccccc2)C(C)C(=O)NC(C)C)cc1. The lowest BCUT2D eigenvalue weighted by molar-refractivity contribution is -0.140. The van der Waals surface area contributed by atoms with Gasteiger partial charge in [-0.2, -0.15) is 0 Å². The first-order chi connectivity index (χ1) is 13.4. The average Bonchev–Trinajstić information content (AvgIpc) is 2.67. The Morgan fingerprint density at radius 3 is 2.11 bits per heavy atom. The largest absolute Gasteiger partial charge is 0.352 e. The quantitative estimate of drug-likeness (QED) is 0.717. The summed E-state index contributed by atoms with van der Waals surface area (Å²) < 4.78 is 0. The van der Waals surface area contributed by atoms with E-state index in [1.165, 1.54) is 5.56 Å². The van der Waals surface area contributed by atoms with Crippen LogP contribution in [0.4, 0.5) is 0 Å². The number of hydrogen-bond acceptors (Lipinski definition) is 2. The fraction of sp³-hybridized carbons (Fsp3) is 0.417. The van der Waals surface area contributed by atoms with Gasteiger partial charge in [0.05, 0.1) is 0 Å². The second-order valence-electron chi connectivity index (χ2n) is 7.65. The van der Waals surface area contributed by atoms with Crippen LogP contribution in [-0.2, 0) is 22.4 Å². The molecule has 2 amide bonds. The Bertz CT molecular complexity index is 754. The summed E-state index contributed by atoms with van der Waals surface area (Å²) in [6.45, 7) is 8.25. The van der Waals surface area contributed by atoms with Gasteiger partial charge in [-0.3, -0.25) is 9.59 Å². The smallest absolute Gasteiger partial charge is 0.242 e. The molecule has 0 saturated heterocycles. The van der Waals surface area contributed by atoms with Crippen LogP contribution in [0, 0.1) is 6.92 Å². The predicted molar refractivity (Wildman–Crippen MR) is 114 cm³/mol. The normalized spacial score (nSPS) is 11.9. The van der Waals surface area contributed by atoms with Crippen molar-refractivity contribution in [3.63, 3.8) is 0 Å². The molecule has 1 unspecified atom stereocenters. The van der Waals surface area contributed by atoms with E-state index in [9.17, 15) is 9.59 Å². The van der Waals surface area contributed by atoms with Gasteiger partial charge in [-0.05, 0) is 51.7 Å². The number of hydrogen-bond donors (Lipinski definition) is 1. The molecule has 0 aliphatic carbocycles. The Morgan fingerprint density at radius 2 is 1.50 bits per heavy atom. The number of rotatable bonds is 9. The van der Waals surface area contributed by atoms with Gasteiger partial charge in [0.2, 0.25) is 11.8 Å². The maximum atomic E-state index is 13.0. The minimum Gasteiger partial charge on any atom is -0.352 e.